The Kier molecular flexibility index (Phi) is 5.06. The van der Waals surface area contributed by atoms with Crippen molar-refractivity contribution in [3.05, 3.63) is 29.8 Å². The second-order valence-electron chi connectivity index (χ2n) is 7.22. The first-order valence-electron chi connectivity index (χ1n) is 8.68. The van der Waals surface area contributed by atoms with Crippen molar-refractivity contribution in [3.8, 4) is 5.75 Å². The van der Waals surface area contributed by atoms with Crippen molar-refractivity contribution in [1.29, 1.82) is 0 Å². The Labute approximate surface area is 149 Å². The van der Waals surface area contributed by atoms with Crippen LogP contribution in [0, 0.1) is 5.92 Å². The minimum atomic E-state index is -3.12. The summed E-state index contributed by atoms with van der Waals surface area (Å²) in [6.45, 7) is 5.66. The van der Waals surface area contributed by atoms with E-state index in [2.05, 4.69) is 4.90 Å². The first kappa shape index (κ1) is 18.2. The van der Waals surface area contributed by atoms with Gasteiger partial charge in [0.05, 0.1) is 24.7 Å². The van der Waals surface area contributed by atoms with Crippen molar-refractivity contribution < 1.29 is 17.9 Å². The molecule has 2 saturated heterocycles. The van der Waals surface area contributed by atoms with Crippen molar-refractivity contribution in [1.82, 2.24) is 9.80 Å². The summed E-state index contributed by atoms with van der Waals surface area (Å²) in [6.07, 6.45) is 0. The van der Waals surface area contributed by atoms with E-state index >= 15 is 0 Å². The molecule has 1 amide bonds. The summed E-state index contributed by atoms with van der Waals surface area (Å²) in [5, 5.41) is 0. The Bertz CT molecular complexity index is 747. The fourth-order valence-electron chi connectivity index (χ4n) is 3.83. The number of hydrogen-bond acceptors (Lipinski definition) is 5. The molecule has 25 heavy (non-hydrogen) atoms. The molecule has 3 rings (SSSR count). The maximum Gasteiger partial charge on any atom is 0.225 e. The van der Waals surface area contributed by atoms with Gasteiger partial charge < -0.3 is 9.64 Å². The Morgan fingerprint density at radius 2 is 1.96 bits per heavy atom. The van der Waals surface area contributed by atoms with Gasteiger partial charge in [-0.05, 0) is 17.7 Å². The number of nitrogens with zero attached hydrogens (tertiary/aromatic N) is 2. The van der Waals surface area contributed by atoms with E-state index in [4.69, 9.17) is 4.74 Å². The van der Waals surface area contributed by atoms with Gasteiger partial charge >= 0.3 is 0 Å². The molecule has 0 saturated carbocycles. The summed E-state index contributed by atoms with van der Waals surface area (Å²) in [5.41, 5.74) is 1.09. The fourth-order valence-corrected chi connectivity index (χ4v) is 5.84. The summed E-state index contributed by atoms with van der Waals surface area (Å²) >= 11 is 0. The first-order valence-corrected chi connectivity index (χ1v) is 10.5. The van der Waals surface area contributed by atoms with Gasteiger partial charge in [-0.25, -0.2) is 8.42 Å². The SMILES string of the molecule is COc1cccc(CN2CCN(C(=O)C(C)C)[C@@H]3CS(=O)(=O)C[C@@H]32)c1. The van der Waals surface area contributed by atoms with E-state index in [1.54, 1.807) is 12.0 Å². The largest absolute Gasteiger partial charge is 0.497 e. The number of amides is 1. The van der Waals surface area contributed by atoms with Gasteiger partial charge in [0.1, 0.15) is 5.75 Å². The Morgan fingerprint density at radius 3 is 2.64 bits per heavy atom. The van der Waals surface area contributed by atoms with E-state index in [1.807, 2.05) is 38.1 Å². The minimum Gasteiger partial charge on any atom is -0.497 e. The van der Waals surface area contributed by atoms with Crippen LogP contribution >= 0.6 is 0 Å². The summed E-state index contributed by atoms with van der Waals surface area (Å²) in [7, 11) is -1.49. The molecule has 0 aromatic heterocycles. The summed E-state index contributed by atoms with van der Waals surface area (Å²) in [4.78, 5) is 16.5. The molecule has 0 radical (unpaired) electrons. The van der Waals surface area contributed by atoms with Crippen LogP contribution in [-0.4, -0.2) is 67.9 Å². The third-order valence-corrected chi connectivity index (χ3v) is 6.79. The molecule has 2 aliphatic rings. The van der Waals surface area contributed by atoms with Crippen molar-refractivity contribution in [3.63, 3.8) is 0 Å². The van der Waals surface area contributed by atoms with Gasteiger partial charge in [-0.15, -0.1) is 0 Å². The molecule has 6 nitrogen and oxygen atoms in total. The molecule has 2 fully saturated rings. The monoisotopic (exact) mass is 366 g/mol. The molecule has 138 valence electrons. The molecule has 2 heterocycles. The molecule has 0 unspecified atom stereocenters. The minimum absolute atomic E-state index is 0.0492. The van der Waals surface area contributed by atoms with E-state index in [1.165, 1.54) is 0 Å². The van der Waals surface area contributed by atoms with Crippen LogP contribution in [0.25, 0.3) is 0 Å². The molecular weight excluding hydrogens is 340 g/mol. The lowest BCUT2D eigenvalue weighted by Gasteiger charge is -2.44. The van der Waals surface area contributed by atoms with Gasteiger partial charge in [0.2, 0.25) is 5.91 Å². The number of benzene rings is 1. The lowest BCUT2D eigenvalue weighted by Crippen LogP contribution is -2.60. The zero-order valence-corrected chi connectivity index (χ0v) is 15.8. The number of rotatable bonds is 4. The number of carbonyl (C=O) groups is 1. The van der Waals surface area contributed by atoms with E-state index in [-0.39, 0.29) is 35.4 Å². The number of sulfone groups is 1. The average molecular weight is 366 g/mol. The molecular formula is C18H26N2O4S. The number of hydrogen-bond donors (Lipinski definition) is 0. The Balaban J connectivity index is 1.82. The van der Waals surface area contributed by atoms with Gasteiger partial charge in [-0.1, -0.05) is 26.0 Å². The highest BCUT2D eigenvalue weighted by atomic mass is 32.2. The average Bonchev–Trinajstić information content (AvgIpc) is 2.90. The molecule has 0 N–H and O–H groups in total. The molecule has 2 atom stereocenters. The highest BCUT2D eigenvalue weighted by Gasteiger charge is 2.48. The van der Waals surface area contributed by atoms with Crippen molar-refractivity contribution in [2.24, 2.45) is 5.92 Å². The molecule has 7 heteroatoms. The van der Waals surface area contributed by atoms with Gasteiger partial charge in [0, 0.05) is 31.6 Å². The predicted octanol–water partition coefficient (Wildman–Crippen LogP) is 1.16. The smallest absolute Gasteiger partial charge is 0.225 e. The molecule has 1 aromatic rings. The fraction of sp³-hybridized carbons (Fsp3) is 0.611. The number of piperazine rings is 1. The zero-order chi connectivity index (χ0) is 18.2. The normalized spacial score (nSPS) is 25.8. The van der Waals surface area contributed by atoms with Gasteiger partial charge in [-0.3, -0.25) is 9.69 Å². The van der Waals surface area contributed by atoms with Gasteiger partial charge in [0.15, 0.2) is 9.84 Å². The quantitative estimate of drug-likeness (QED) is 0.800. The highest BCUT2D eigenvalue weighted by molar-refractivity contribution is 7.91. The van der Waals surface area contributed by atoms with Crippen LogP contribution in [0.15, 0.2) is 24.3 Å². The molecule has 0 spiro atoms. The summed E-state index contributed by atoms with van der Waals surface area (Å²) in [5.74, 6) is 0.928. The van der Waals surface area contributed by atoms with Crippen molar-refractivity contribution in [2.75, 3.05) is 31.7 Å². The van der Waals surface area contributed by atoms with Crippen LogP contribution < -0.4 is 4.74 Å². The van der Waals surface area contributed by atoms with Crippen LogP contribution in [0.2, 0.25) is 0 Å². The molecule has 0 bridgehead atoms. The number of methoxy groups -OCH3 is 1. The zero-order valence-electron chi connectivity index (χ0n) is 15.0. The number of ether oxygens (including phenoxy) is 1. The van der Waals surface area contributed by atoms with Crippen molar-refractivity contribution in [2.45, 2.75) is 32.5 Å². The van der Waals surface area contributed by atoms with Crippen molar-refractivity contribution >= 4 is 15.7 Å². The maximum absolute atomic E-state index is 12.5. The highest BCUT2D eigenvalue weighted by Crippen LogP contribution is 2.29. The lowest BCUT2D eigenvalue weighted by atomic mass is 10.0. The third kappa shape index (κ3) is 3.82. The number of fused-ring (bicyclic) bond motifs is 1. The van der Waals surface area contributed by atoms with Crippen LogP contribution in [0.3, 0.4) is 0 Å². The molecule has 1 aromatic carbocycles. The van der Waals surface area contributed by atoms with Gasteiger partial charge in [-0.2, -0.15) is 0 Å². The van der Waals surface area contributed by atoms with Crippen LogP contribution in [0.4, 0.5) is 0 Å². The Hall–Kier alpha value is -1.60. The van der Waals surface area contributed by atoms with Crippen LogP contribution in [0.5, 0.6) is 5.75 Å². The van der Waals surface area contributed by atoms with Crippen LogP contribution in [0.1, 0.15) is 19.4 Å². The third-order valence-electron chi connectivity index (χ3n) is 5.09. The summed E-state index contributed by atoms with van der Waals surface area (Å²) in [6, 6.07) is 7.46. The topological polar surface area (TPSA) is 66.9 Å². The second-order valence-corrected chi connectivity index (χ2v) is 9.37. The van der Waals surface area contributed by atoms with Gasteiger partial charge in [0.25, 0.3) is 0 Å². The first-order chi connectivity index (χ1) is 11.8. The van der Waals surface area contributed by atoms with E-state index in [9.17, 15) is 13.2 Å². The standard InChI is InChI=1S/C18H26N2O4S/c1-13(2)18(21)20-8-7-19(16-11-25(22,23)12-17(16)20)10-14-5-4-6-15(9-14)24-3/h4-6,9,13,16-17H,7-8,10-12H2,1-3H3/t16-,17+/m0/s1. The van der Waals surface area contributed by atoms with Crippen LogP contribution in [-0.2, 0) is 21.2 Å². The molecule has 2 aliphatic heterocycles. The molecule has 0 aliphatic carbocycles. The van der Waals surface area contributed by atoms with E-state index < -0.39 is 9.84 Å². The Morgan fingerprint density at radius 1 is 1.24 bits per heavy atom. The lowest BCUT2D eigenvalue weighted by molar-refractivity contribution is -0.140. The van der Waals surface area contributed by atoms with E-state index in [0.717, 1.165) is 11.3 Å². The number of carbonyl (C=O) groups excluding carboxylic acids is 1. The summed E-state index contributed by atoms with van der Waals surface area (Å²) < 4.78 is 29.8. The predicted molar refractivity (Wildman–Crippen MR) is 96.2 cm³/mol. The van der Waals surface area contributed by atoms with E-state index in [0.29, 0.717) is 19.6 Å². The second kappa shape index (κ2) is 6.96. The maximum atomic E-state index is 12.5.